The molecular formula is C38H55N5O8S. The monoisotopic (exact) mass is 741 g/mol. The van der Waals surface area contributed by atoms with Crippen molar-refractivity contribution in [3.8, 4) is 6.01 Å². The van der Waals surface area contributed by atoms with Gasteiger partial charge in [-0.05, 0) is 90.8 Å². The SMILES string of the molecule is Cc1ccc2nc(O[C@@H]3C[C@H]4C(=O)C[C@]5(C(=O)NS(=O)(=O)N(C)C)C[C@@H]5/C=C\CCCCC[C@H](CC(=O)OC(C)(C)C)C(=O)N4C3)n(C(C)C)c2c1. The molecule has 0 radical (unpaired) electrons. The summed E-state index contributed by atoms with van der Waals surface area (Å²) >= 11 is 0. The molecule has 3 aliphatic rings. The molecule has 1 saturated carbocycles. The molecule has 1 aromatic heterocycles. The second-order valence-electron chi connectivity index (χ2n) is 16.2. The van der Waals surface area contributed by atoms with Crippen LogP contribution in [0.5, 0.6) is 6.01 Å². The van der Waals surface area contributed by atoms with Crippen LogP contribution in [0.25, 0.3) is 11.0 Å². The first kappa shape index (κ1) is 39.4. The van der Waals surface area contributed by atoms with Gasteiger partial charge in [0.2, 0.25) is 11.8 Å². The van der Waals surface area contributed by atoms with Crippen molar-refractivity contribution >= 4 is 44.8 Å². The number of carbonyl (C=O) groups excluding carboxylic acids is 4. The number of allylic oxidation sites excluding steroid dienone is 2. The minimum atomic E-state index is -4.11. The van der Waals surface area contributed by atoms with Crippen molar-refractivity contribution in [3.63, 3.8) is 0 Å². The van der Waals surface area contributed by atoms with Crippen molar-refractivity contribution in [3.05, 3.63) is 35.9 Å². The number of aryl methyl sites for hydroxylation is 1. The zero-order valence-corrected chi connectivity index (χ0v) is 32.6. The van der Waals surface area contributed by atoms with Crippen LogP contribution in [0.3, 0.4) is 0 Å². The number of carbonyl (C=O) groups is 4. The van der Waals surface area contributed by atoms with E-state index < -0.39 is 51.2 Å². The van der Waals surface area contributed by atoms with Gasteiger partial charge in [0, 0.05) is 38.9 Å². The predicted molar refractivity (Wildman–Crippen MR) is 196 cm³/mol. The Morgan fingerprint density at radius 2 is 1.87 bits per heavy atom. The number of Topliss-reactive ketones (excluding diaryl/α,β-unsaturated/α-hetero) is 1. The van der Waals surface area contributed by atoms with Crippen molar-refractivity contribution in [2.45, 2.75) is 123 Å². The van der Waals surface area contributed by atoms with Gasteiger partial charge in [-0.3, -0.25) is 23.7 Å². The maximum atomic E-state index is 14.5. The van der Waals surface area contributed by atoms with E-state index >= 15 is 0 Å². The van der Waals surface area contributed by atoms with Crippen LogP contribution in [0.15, 0.2) is 30.4 Å². The van der Waals surface area contributed by atoms with Gasteiger partial charge in [0.25, 0.3) is 6.01 Å². The maximum Gasteiger partial charge on any atom is 0.307 e. The highest BCUT2D eigenvalue weighted by Crippen LogP contribution is 2.57. The van der Waals surface area contributed by atoms with Crippen LogP contribution < -0.4 is 9.46 Å². The van der Waals surface area contributed by atoms with Gasteiger partial charge in [-0.15, -0.1) is 0 Å². The number of benzene rings is 1. The molecule has 5 rings (SSSR count). The Morgan fingerprint density at radius 1 is 1.13 bits per heavy atom. The van der Waals surface area contributed by atoms with Gasteiger partial charge in [-0.1, -0.05) is 31.1 Å². The third-order valence-corrected chi connectivity index (χ3v) is 11.7. The van der Waals surface area contributed by atoms with E-state index in [1.54, 1.807) is 20.8 Å². The van der Waals surface area contributed by atoms with Crippen LogP contribution in [0.4, 0.5) is 0 Å². The molecule has 1 saturated heterocycles. The Hall–Kier alpha value is -3.78. The van der Waals surface area contributed by atoms with Crippen LogP contribution in [-0.4, -0.2) is 89.1 Å². The maximum absolute atomic E-state index is 14.5. The molecule has 0 unspecified atom stereocenters. The fraction of sp³-hybridized carbons (Fsp3) is 0.658. The van der Waals surface area contributed by atoms with Gasteiger partial charge in [0.1, 0.15) is 11.7 Å². The summed E-state index contributed by atoms with van der Waals surface area (Å²) in [5.74, 6) is -2.96. The number of nitrogens with one attached hydrogen (secondary N) is 1. The van der Waals surface area contributed by atoms with E-state index in [2.05, 4.69) is 4.72 Å². The van der Waals surface area contributed by atoms with Crippen molar-refractivity contribution in [2.75, 3.05) is 20.6 Å². The lowest BCUT2D eigenvalue weighted by molar-refractivity contribution is -0.159. The highest BCUT2D eigenvalue weighted by molar-refractivity contribution is 7.87. The van der Waals surface area contributed by atoms with E-state index in [9.17, 15) is 27.6 Å². The van der Waals surface area contributed by atoms with Crippen molar-refractivity contribution < 1.29 is 37.1 Å². The topological polar surface area (TPSA) is 157 Å². The van der Waals surface area contributed by atoms with Gasteiger partial charge in [0.15, 0.2) is 5.78 Å². The molecule has 14 heteroatoms. The number of esters is 1. The summed E-state index contributed by atoms with van der Waals surface area (Å²) in [5.41, 5.74) is 0.748. The van der Waals surface area contributed by atoms with E-state index in [0.717, 1.165) is 40.2 Å². The minimum Gasteiger partial charge on any atom is -0.460 e. The number of imidazole rings is 1. The number of ether oxygens (including phenoxy) is 2. The standard InChI is InChI=1S/C38H55N5O8S/c1-24(2)43-30-18-25(3)16-17-29(30)39-36(43)50-28-20-31-32(44)22-38(35(47)40-52(48,49)41(7)8)21-27(38)15-13-11-9-10-12-14-26(34(46)42(31)23-28)19-33(45)51-37(4,5)6/h13,15-18,24,26-28,31H,9-12,14,19-23H2,1-8H3,(H,40,47)/b15-13-/t26-,27+,28-,31+,38-/m1/s1. The third kappa shape index (κ3) is 8.87. The Balaban J connectivity index is 1.50. The number of ketones is 1. The highest BCUT2D eigenvalue weighted by atomic mass is 32.2. The van der Waals surface area contributed by atoms with E-state index in [-0.39, 0.29) is 49.5 Å². The average molecular weight is 742 g/mol. The smallest absolute Gasteiger partial charge is 0.307 e. The van der Waals surface area contributed by atoms with Crippen LogP contribution >= 0.6 is 0 Å². The summed E-state index contributed by atoms with van der Waals surface area (Å²) in [6.07, 6.45) is 6.92. The molecule has 0 bridgehead atoms. The summed E-state index contributed by atoms with van der Waals surface area (Å²) in [4.78, 5) is 62.1. The molecule has 286 valence electrons. The van der Waals surface area contributed by atoms with Gasteiger partial charge < -0.3 is 14.4 Å². The van der Waals surface area contributed by atoms with Crippen LogP contribution in [0, 0.1) is 24.2 Å². The zero-order chi connectivity index (χ0) is 38.2. The van der Waals surface area contributed by atoms with E-state index in [1.807, 2.05) is 55.7 Å². The van der Waals surface area contributed by atoms with Gasteiger partial charge >= 0.3 is 16.2 Å². The number of rotatable bonds is 8. The van der Waals surface area contributed by atoms with E-state index in [4.69, 9.17) is 14.5 Å². The molecule has 0 spiro atoms. The summed E-state index contributed by atoms with van der Waals surface area (Å²) in [5, 5.41) is 0. The fourth-order valence-corrected chi connectivity index (χ4v) is 8.05. The molecular weight excluding hydrogens is 687 g/mol. The summed E-state index contributed by atoms with van der Waals surface area (Å²) in [6, 6.07) is 5.39. The van der Waals surface area contributed by atoms with E-state index in [0.29, 0.717) is 25.3 Å². The summed E-state index contributed by atoms with van der Waals surface area (Å²) in [7, 11) is -1.46. The summed E-state index contributed by atoms with van der Waals surface area (Å²) < 4.78 is 42.7. The number of fused-ring (bicyclic) bond motifs is 3. The second kappa shape index (κ2) is 15.3. The van der Waals surface area contributed by atoms with Crippen molar-refractivity contribution in [2.24, 2.45) is 17.3 Å². The first-order valence-electron chi connectivity index (χ1n) is 18.4. The zero-order valence-electron chi connectivity index (χ0n) is 31.8. The van der Waals surface area contributed by atoms with Crippen LogP contribution in [-0.2, 0) is 34.1 Å². The van der Waals surface area contributed by atoms with Crippen molar-refractivity contribution in [1.29, 1.82) is 0 Å². The molecule has 1 aromatic carbocycles. The van der Waals surface area contributed by atoms with Crippen LogP contribution in [0.1, 0.15) is 104 Å². The quantitative estimate of drug-likeness (QED) is 0.290. The molecule has 13 nitrogen and oxygen atoms in total. The lowest BCUT2D eigenvalue weighted by Gasteiger charge is -2.29. The lowest BCUT2D eigenvalue weighted by atomic mass is 9.90. The molecule has 2 amide bonds. The molecule has 2 aliphatic heterocycles. The number of hydrogen-bond acceptors (Lipinski definition) is 9. The highest BCUT2D eigenvalue weighted by Gasteiger charge is 2.61. The largest absolute Gasteiger partial charge is 0.460 e. The molecule has 5 atom stereocenters. The number of aromatic nitrogens is 2. The normalized spacial score (nSPS) is 26.8. The first-order chi connectivity index (χ1) is 24.3. The Labute approximate surface area is 307 Å². The summed E-state index contributed by atoms with van der Waals surface area (Å²) in [6.45, 7) is 11.5. The molecule has 1 aliphatic carbocycles. The number of nitrogens with zero attached hydrogens (tertiary/aromatic N) is 4. The van der Waals surface area contributed by atoms with Gasteiger partial charge in [-0.25, -0.2) is 4.72 Å². The van der Waals surface area contributed by atoms with E-state index in [1.165, 1.54) is 19.0 Å². The lowest BCUT2D eigenvalue weighted by Crippen LogP contribution is -2.47. The Morgan fingerprint density at radius 3 is 2.54 bits per heavy atom. The second-order valence-corrected chi connectivity index (χ2v) is 18.1. The van der Waals surface area contributed by atoms with Gasteiger partial charge in [0.05, 0.1) is 35.5 Å². The van der Waals surface area contributed by atoms with Crippen LogP contribution in [0.2, 0.25) is 0 Å². The minimum absolute atomic E-state index is 0.00630. The molecule has 2 fully saturated rings. The average Bonchev–Trinajstić information content (AvgIpc) is 3.37. The molecule has 1 N–H and O–H groups in total. The number of amides is 2. The van der Waals surface area contributed by atoms with Gasteiger partial charge in [-0.2, -0.15) is 17.7 Å². The predicted octanol–water partition coefficient (Wildman–Crippen LogP) is 5.03. The third-order valence-electron chi connectivity index (χ3n) is 10.3. The molecule has 52 heavy (non-hydrogen) atoms. The Bertz CT molecular complexity index is 1830. The Kier molecular flexibility index (Phi) is 11.6. The fourth-order valence-electron chi connectivity index (χ4n) is 7.43. The first-order valence-corrected chi connectivity index (χ1v) is 19.9. The molecule has 2 aromatic rings. The molecule has 3 heterocycles. The number of hydrogen-bond donors (Lipinski definition) is 1. The van der Waals surface area contributed by atoms with Crippen molar-refractivity contribution in [1.82, 2.24) is 23.5 Å².